The summed E-state index contributed by atoms with van der Waals surface area (Å²) >= 11 is 0. The summed E-state index contributed by atoms with van der Waals surface area (Å²) in [6.07, 6.45) is 0.876. The molecule has 1 aliphatic rings. The van der Waals surface area contributed by atoms with Crippen molar-refractivity contribution in [2.24, 2.45) is 11.3 Å². The highest BCUT2D eigenvalue weighted by atomic mass is 16.6. The quantitative estimate of drug-likeness (QED) is 0.432. The number of nitro benzene ring substituents is 1. The number of benzene rings is 1. The normalized spacial score (nSPS) is 19.6. The average Bonchev–Trinajstić information content (AvgIpc) is 2.95. The Morgan fingerprint density at radius 1 is 1.53 bits per heavy atom. The summed E-state index contributed by atoms with van der Waals surface area (Å²) < 4.78 is 0. The molecule has 0 saturated heterocycles. The van der Waals surface area contributed by atoms with Crippen LogP contribution in [0.5, 0.6) is 0 Å². The third-order valence-electron chi connectivity index (χ3n) is 3.44. The number of nitrogens with one attached hydrogen (secondary N) is 2. The van der Waals surface area contributed by atoms with Gasteiger partial charge in [-0.2, -0.15) is 0 Å². The molecule has 1 fully saturated rings. The SMILES string of the molecule is CC1(C)CC1NC(=O)c1cccc(NN)c1[N+](=O)[O-]. The number of hydrogen-bond donors (Lipinski definition) is 3. The largest absolute Gasteiger partial charge is 0.349 e. The topological polar surface area (TPSA) is 110 Å². The van der Waals surface area contributed by atoms with E-state index in [1.54, 1.807) is 6.07 Å². The third-order valence-corrected chi connectivity index (χ3v) is 3.44. The molecule has 7 nitrogen and oxygen atoms in total. The standard InChI is InChI=1S/C12H16N4O3/c1-12(2)6-9(12)14-11(17)7-4-3-5-8(15-13)10(7)16(18)19/h3-5,9,15H,6,13H2,1-2H3,(H,14,17). The molecule has 0 bridgehead atoms. The molecule has 1 unspecified atom stereocenters. The highest BCUT2D eigenvalue weighted by Gasteiger charge is 2.47. The summed E-state index contributed by atoms with van der Waals surface area (Å²) in [6.45, 7) is 4.06. The first-order valence-corrected chi connectivity index (χ1v) is 5.91. The van der Waals surface area contributed by atoms with Crippen LogP contribution >= 0.6 is 0 Å². The van der Waals surface area contributed by atoms with Gasteiger partial charge in [-0.05, 0) is 24.0 Å². The van der Waals surface area contributed by atoms with Crippen LogP contribution in [0.15, 0.2) is 18.2 Å². The second-order valence-electron chi connectivity index (χ2n) is 5.32. The minimum absolute atomic E-state index is 0.0168. The van der Waals surface area contributed by atoms with Crippen molar-refractivity contribution < 1.29 is 9.72 Å². The summed E-state index contributed by atoms with van der Waals surface area (Å²) in [5.41, 5.74) is 2.13. The zero-order valence-electron chi connectivity index (χ0n) is 10.8. The van der Waals surface area contributed by atoms with Gasteiger partial charge >= 0.3 is 5.69 Å². The zero-order chi connectivity index (χ0) is 14.2. The van der Waals surface area contributed by atoms with Crippen LogP contribution < -0.4 is 16.6 Å². The maximum atomic E-state index is 12.1. The van der Waals surface area contributed by atoms with Crippen molar-refractivity contribution in [3.8, 4) is 0 Å². The Hall–Kier alpha value is -2.15. The van der Waals surface area contributed by atoms with Gasteiger partial charge in [0.1, 0.15) is 11.3 Å². The van der Waals surface area contributed by atoms with Crippen LogP contribution in [0.2, 0.25) is 0 Å². The molecule has 0 aromatic heterocycles. The molecule has 0 aliphatic heterocycles. The Kier molecular flexibility index (Phi) is 3.15. The van der Waals surface area contributed by atoms with E-state index < -0.39 is 10.8 Å². The molecule has 1 saturated carbocycles. The summed E-state index contributed by atoms with van der Waals surface area (Å²) in [5.74, 6) is 4.78. The molecule has 102 valence electrons. The van der Waals surface area contributed by atoms with E-state index in [1.165, 1.54) is 12.1 Å². The van der Waals surface area contributed by atoms with Crippen LogP contribution in [0.25, 0.3) is 0 Å². The van der Waals surface area contributed by atoms with Crippen molar-refractivity contribution in [2.45, 2.75) is 26.3 Å². The monoisotopic (exact) mass is 264 g/mol. The summed E-state index contributed by atoms with van der Waals surface area (Å²) in [5, 5.41) is 13.9. The Morgan fingerprint density at radius 3 is 2.63 bits per heavy atom. The van der Waals surface area contributed by atoms with E-state index in [-0.39, 0.29) is 28.4 Å². The Morgan fingerprint density at radius 2 is 2.16 bits per heavy atom. The van der Waals surface area contributed by atoms with Crippen molar-refractivity contribution >= 4 is 17.3 Å². The molecular weight excluding hydrogens is 248 g/mol. The fourth-order valence-electron chi connectivity index (χ4n) is 1.99. The van der Waals surface area contributed by atoms with E-state index in [4.69, 9.17) is 5.84 Å². The van der Waals surface area contributed by atoms with E-state index in [1.807, 2.05) is 13.8 Å². The molecule has 1 aromatic rings. The van der Waals surface area contributed by atoms with Crippen LogP contribution in [0.1, 0.15) is 30.6 Å². The van der Waals surface area contributed by atoms with Crippen LogP contribution in [0.3, 0.4) is 0 Å². The third kappa shape index (κ3) is 2.50. The predicted molar refractivity (Wildman–Crippen MR) is 70.6 cm³/mol. The number of hydrazine groups is 1. The van der Waals surface area contributed by atoms with E-state index >= 15 is 0 Å². The van der Waals surface area contributed by atoms with Crippen LogP contribution in [0.4, 0.5) is 11.4 Å². The van der Waals surface area contributed by atoms with Gasteiger partial charge in [-0.1, -0.05) is 19.9 Å². The van der Waals surface area contributed by atoms with Gasteiger partial charge in [0.15, 0.2) is 0 Å². The highest BCUT2D eigenvalue weighted by molar-refractivity contribution is 6.00. The number of nitro groups is 1. The van der Waals surface area contributed by atoms with Crippen molar-refractivity contribution in [1.82, 2.24) is 5.32 Å². The number of rotatable bonds is 4. The lowest BCUT2D eigenvalue weighted by Crippen LogP contribution is -2.29. The lowest BCUT2D eigenvalue weighted by atomic mass is 10.1. The fourth-order valence-corrected chi connectivity index (χ4v) is 1.99. The van der Waals surface area contributed by atoms with Gasteiger partial charge in [-0.3, -0.25) is 20.8 Å². The lowest BCUT2D eigenvalue weighted by molar-refractivity contribution is -0.384. The molecule has 1 atom stereocenters. The molecule has 0 radical (unpaired) electrons. The molecule has 1 amide bonds. The van der Waals surface area contributed by atoms with Gasteiger partial charge in [-0.15, -0.1) is 0 Å². The number of hydrogen-bond acceptors (Lipinski definition) is 5. The smallest absolute Gasteiger partial charge is 0.306 e. The van der Waals surface area contributed by atoms with Gasteiger partial charge in [-0.25, -0.2) is 0 Å². The van der Waals surface area contributed by atoms with Crippen molar-refractivity contribution in [1.29, 1.82) is 0 Å². The number of amides is 1. The summed E-state index contributed by atoms with van der Waals surface area (Å²) in [4.78, 5) is 22.5. The van der Waals surface area contributed by atoms with Crippen LogP contribution in [-0.4, -0.2) is 16.9 Å². The first-order chi connectivity index (χ1) is 8.86. The Labute approximate surface area is 110 Å². The van der Waals surface area contributed by atoms with Crippen molar-refractivity contribution in [3.05, 3.63) is 33.9 Å². The number of anilines is 1. The molecule has 19 heavy (non-hydrogen) atoms. The van der Waals surface area contributed by atoms with Crippen molar-refractivity contribution in [2.75, 3.05) is 5.43 Å². The minimum atomic E-state index is -0.609. The first-order valence-electron chi connectivity index (χ1n) is 5.91. The van der Waals surface area contributed by atoms with E-state index in [0.717, 1.165) is 6.42 Å². The first kappa shape index (κ1) is 13.3. The Bertz CT molecular complexity index is 542. The van der Waals surface area contributed by atoms with E-state index in [0.29, 0.717) is 0 Å². The van der Waals surface area contributed by atoms with Crippen LogP contribution in [0, 0.1) is 15.5 Å². The molecule has 1 aromatic carbocycles. The van der Waals surface area contributed by atoms with Crippen LogP contribution in [-0.2, 0) is 0 Å². The number of carbonyl (C=O) groups is 1. The molecule has 2 rings (SSSR count). The lowest BCUT2D eigenvalue weighted by Gasteiger charge is -2.09. The van der Waals surface area contributed by atoms with Gasteiger partial charge in [0, 0.05) is 6.04 Å². The maximum Gasteiger partial charge on any atom is 0.306 e. The van der Waals surface area contributed by atoms with Gasteiger partial charge in [0.05, 0.1) is 4.92 Å². The van der Waals surface area contributed by atoms with Gasteiger partial charge in [0.25, 0.3) is 5.91 Å². The predicted octanol–water partition coefficient (Wildman–Crippen LogP) is 1.41. The molecular formula is C12H16N4O3. The molecule has 7 heteroatoms. The van der Waals surface area contributed by atoms with Crippen molar-refractivity contribution in [3.63, 3.8) is 0 Å². The summed E-state index contributed by atoms with van der Waals surface area (Å²) in [6, 6.07) is 4.49. The number of nitrogens with two attached hydrogens (primary N) is 1. The highest BCUT2D eigenvalue weighted by Crippen LogP contribution is 2.44. The fraction of sp³-hybridized carbons (Fsp3) is 0.417. The molecule has 0 spiro atoms. The van der Waals surface area contributed by atoms with Gasteiger partial charge in [0.2, 0.25) is 0 Å². The number of para-hydroxylation sites is 1. The number of nitrogens with zero attached hydrogens (tertiary/aromatic N) is 1. The summed E-state index contributed by atoms with van der Waals surface area (Å²) in [7, 11) is 0. The minimum Gasteiger partial charge on any atom is -0.349 e. The van der Waals surface area contributed by atoms with E-state index in [2.05, 4.69) is 10.7 Å². The van der Waals surface area contributed by atoms with Gasteiger partial charge < -0.3 is 10.7 Å². The zero-order valence-corrected chi connectivity index (χ0v) is 10.8. The Balaban J connectivity index is 2.29. The molecule has 0 heterocycles. The second-order valence-corrected chi connectivity index (χ2v) is 5.32. The molecule has 1 aliphatic carbocycles. The number of nitrogen functional groups attached to an aromatic ring is 1. The van der Waals surface area contributed by atoms with E-state index in [9.17, 15) is 14.9 Å². The average molecular weight is 264 g/mol. The second kappa shape index (κ2) is 4.51. The number of carbonyl (C=O) groups excluding carboxylic acids is 1. The molecule has 4 N–H and O–H groups in total. The maximum absolute atomic E-state index is 12.1.